The van der Waals surface area contributed by atoms with Gasteiger partial charge in [0.05, 0.1) is 11.0 Å². The lowest BCUT2D eigenvalue weighted by molar-refractivity contribution is 0.0918. The summed E-state index contributed by atoms with van der Waals surface area (Å²) in [5.41, 5.74) is 2.69. The topological polar surface area (TPSA) is 34.9 Å². The van der Waals surface area contributed by atoms with Gasteiger partial charge in [0, 0.05) is 33.0 Å². The molecule has 0 radical (unpaired) electrons. The largest absolute Gasteiger partial charge is 0.328 e. The minimum absolute atomic E-state index is 0.140. The maximum Gasteiger partial charge on any atom is 0.166 e. The van der Waals surface area contributed by atoms with Crippen LogP contribution in [0.5, 0.6) is 0 Å². The van der Waals surface area contributed by atoms with Gasteiger partial charge in [-0.05, 0) is 65.8 Å². The number of carbonyl (C=O) groups is 1. The summed E-state index contributed by atoms with van der Waals surface area (Å²) in [4.78, 5) is 17.9. The van der Waals surface area contributed by atoms with Crippen LogP contribution in [-0.4, -0.2) is 15.3 Å². The molecule has 27 heavy (non-hydrogen) atoms. The Morgan fingerprint density at radius 3 is 2.85 bits per heavy atom. The van der Waals surface area contributed by atoms with E-state index in [2.05, 4.69) is 40.7 Å². The normalized spacial score (nSPS) is 12.3. The highest BCUT2D eigenvalue weighted by molar-refractivity contribution is 14.1. The van der Waals surface area contributed by atoms with Gasteiger partial charge in [-0.15, -0.1) is 6.58 Å². The van der Waals surface area contributed by atoms with Crippen molar-refractivity contribution in [2.45, 2.75) is 32.7 Å². The number of aryl methyl sites for hydroxylation is 1. The van der Waals surface area contributed by atoms with Crippen LogP contribution in [-0.2, 0) is 13.0 Å². The lowest BCUT2D eigenvalue weighted by Crippen LogP contribution is -2.19. The molecular weight excluding hydrogens is 471 g/mol. The van der Waals surface area contributed by atoms with E-state index >= 15 is 0 Å². The quantitative estimate of drug-likeness (QED) is 0.209. The average Bonchev–Trinajstić information content (AvgIpc) is 2.98. The van der Waals surface area contributed by atoms with E-state index in [1.54, 1.807) is 0 Å². The fourth-order valence-corrected chi connectivity index (χ4v) is 4.07. The number of halogens is 2. The van der Waals surface area contributed by atoms with Crippen molar-refractivity contribution in [1.82, 2.24) is 9.55 Å². The number of rotatable bonds is 8. The number of nitrogens with zero attached hydrogens (tertiary/aromatic N) is 2. The van der Waals surface area contributed by atoms with Gasteiger partial charge in [0.15, 0.2) is 5.78 Å². The Kier molecular flexibility index (Phi) is 6.71. The van der Waals surface area contributed by atoms with Crippen LogP contribution in [0.2, 0.25) is 5.02 Å². The van der Waals surface area contributed by atoms with Crippen LogP contribution in [0.3, 0.4) is 0 Å². The molecule has 0 saturated carbocycles. The smallest absolute Gasteiger partial charge is 0.166 e. The second-order valence-corrected chi connectivity index (χ2v) is 8.29. The van der Waals surface area contributed by atoms with Gasteiger partial charge in [0.1, 0.15) is 5.82 Å². The summed E-state index contributed by atoms with van der Waals surface area (Å²) < 4.78 is 3.25. The maximum absolute atomic E-state index is 13.1. The third-order valence-corrected chi connectivity index (χ3v) is 5.50. The molecule has 1 atom stereocenters. The molecule has 5 heteroatoms. The number of hydrogen-bond acceptors (Lipinski definition) is 2. The molecule has 0 spiro atoms. The Hall–Kier alpha value is -1.66. The molecule has 0 N–H and O–H groups in total. The molecule has 1 unspecified atom stereocenters. The molecule has 3 aromatic rings. The molecule has 3 nitrogen and oxygen atoms in total. The molecule has 1 aromatic heterocycles. The zero-order valence-corrected chi connectivity index (χ0v) is 18.2. The Morgan fingerprint density at radius 2 is 2.15 bits per heavy atom. The van der Waals surface area contributed by atoms with Crippen molar-refractivity contribution in [3.8, 4) is 0 Å². The van der Waals surface area contributed by atoms with E-state index in [1.165, 1.54) is 0 Å². The number of carbonyl (C=O) groups excluding carboxylic acids is 1. The van der Waals surface area contributed by atoms with Crippen molar-refractivity contribution < 1.29 is 4.79 Å². The Balaban J connectivity index is 1.97. The SMILES string of the molecule is C=CCC(Cc1nc2ccc(Cl)cc2n1CCC)C(=O)c1cccc(I)c1. The van der Waals surface area contributed by atoms with Crippen LogP contribution in [0.1, 0.15) is 35.9 Å². The van der Waals surface area contributed by atoms with Crippen molar-refractivity contribution in [2.75, 3.05) is 0 Å². The fraction of sp³-hybridized carbons (Fsp3) is 0.273. The summed E-state index contributed by atoms with van der Waals surface area (Å²) in [6.07, 6.45) is 4.02. The molecule has 140 valence electrons. The van der Waals surface area contributed by atoms with E-state index in [0.717, 1.165) is 39.0 Å². The molecule has 0 bridgehead atoms. The van der Waals surface area contributed by atoms with Crippen LogP contribution in [0.25, 0.3) is 11.0 Å². The monoisotopic (exact) mass is 492 g/mol. The number of allylic oxidation sites excluding steroid dienone is 1. The van der Waals surface area contributed by atoms with Crippen molar-refractivity contribution >= 4 is 51.0 Å². The summed E-state index contributed by atoms with van der Waals surface area (Å²) in [6.45, 7) is 6.84. The van der Waals surface area contributed by atoms with Crippen LogP contribution in [0.15, 0.2) is 55.1 Å². The number of benzene rings is 2. The van der Waals surface area contributed by atoms with E-state index in [-0.39, 0.29) is 11.7 Å². The molecule has 3 rings (SSSR count). The van der Waals surface area contributed by atoms with Gasteiger partial charge in [0.25, 0.3) is 0 Å². The number of Topliss-reactive ketones (excluding diaryl/α,β-unsaturated/α-hetero) is 1. The third kappa shape index (κ3) is 4.61. The van der Waals surface area contributed by atoms with E-state index in [9.17, 15) is 4.79 Å². The predicted molar refractivity (Wildman–Crippen MR) is 121 cm³/mol. The van der Waals surface area contributed by atoms with Crippen molar-refractivity contribution in [1.29, 1.82) is 0 Å². The van der Waals surface area contributed by atoms with E-state index in [4.69, 9.17) is 16.6 Å². The van der Waals surface area contributed by atoms with E-state index < -0.39 is 0 Å². The summed E-state index contributed by atoms with van der Waals surface area (Å²) >= 11 is 8.43. The number of hydrogen-bond donors (Lipinski definition) is 0. The zero-order chi connectivity index (χ0) is 19.4. The van der Waals surface area contributed by atoms with Gasteiger partial charge in [-0.1, -0.05) is 36.7 Å². The minimum atomic E-state index is -0.177. The van der Waals surface area contributed by atoms with Gasteiger partial charge >= 0.3 is 0 Å². The van der Waals surface area contributed by atoms with Gasteiger partial charge in [0.2, 0.25) is 0 Å². The van der Waals surface area contributed by atoms with E-state index in [0.29, 0.717) is 17.9 Å². The number of ketones is 1. The van der Waals surface area contributed by atoms with Crippen LogP contribution in [0, 0.1) is 9.49 Å². The maximum atomic E-state index is 13.1. The molecule has 0 aliphatic rings. The standard InChI is InChI=1S/C22H22ClIN2O/c1-3-6-15(22(27)16-7-5-8-18(24)12-16)13-21-25-19-10-9-17(23)14-20(19)26(21)11-4-2/h3,5,7-10,12,14-15H,1,4,6,11,13H2,2H3. The molecule has 0 saturated heterocycles. The fourth-order valence-electron chi connectivity index (χ4n) is 3.36. The van der Waals surface area contributed by atoms with Gasteiger partial charge < -0.3 is 4.57 Å². The van der Waals surface area contributed by atoms with Crippen molar-refractivity contribution in [3.63, 3.8) is 0 Å². The lowest BCUT2D eigenvalue weighted by atomic mass is 9.91. The zero-order valence-electron chi connectivity index (χ0n) is 15.3. The Morgan fingerprint density at radius 1 is 1.33 bits per heavy atom. The molecular formula is C22H22ClIN2O. The second kappa shape index (κ2) is 9.02. The molecule has 0 fully saturated rings. The van der Waals surface area contributed by atoms with Crippen molar-refractivity contribution in [3.05, 3.63) is 75.1 Å². The Bertz CT molecular complexity index is 980. The van der Waals surface area contributed by atoms with Gasteiger partial charge in [-0.2, -0.15) is 0 Å². The first kappa shape index (κ1) is 20.1. The first-order valence-electron chi connectivity index (χ1n) is 9.08. The minimum Gasteiger partial charge on any atom is -0.328 e. The first-order valence-corrected chi connectivity index (χ1v) is 10.5. The number of fused-ring (bicyclic) bond motifs is 1. The van der Waals surface area contributed by atoms with Gasteiger partial charge in [-0.25, -0.2) is 4.98 Å². The summed E-state index contributed by atoms with van der Waals surface area (Å²) in [5, 5.41) is 0.698. The summed E-state index contributed by atoms with van der Waals surface area (Å²) in [5.74, 6) is 0.894. The molecule has 0 amide bonds. The lowest BCUT2D eigenvalue weighted by Gasteiger charge is -2.15. The summed E-state index contributed by atoms with van der Waals surface area (Å²) in [6, 6.07) is 13.5. The molecule has 2 aromatic carbocycles. The van der Waals surface area contributed by atoms with Crippen LogP contribution >= 0.6 is 34.2 Å². The number of aromatic nitrogens is 2. The number of imidazole rings is 1. The van der Waals surface area contributed by atoms with Crippen LogP contribution in [0.4, 0.5) is 0 Å². The molecule has 0 aliphatic carbocycles. The van der Waals surface area contributed by atoms with Gasteiger partial charge in [-0.3, -0.25) is 4.79 Å². The third-order valence-electron chi connectivity index (χ3n) is 4.60. The Labute approximate surface area is 178 Å². The second-order valence-electron chi connectivity index (χ2n) is 6.61. The molecule has 0 aliphatic heterocycles. The van der Waals surface area contributed by atoms with Crippen molar-refractivity contribution in [2.24, 2.45) is 5.92 Å². The van der Waals surface area contributed by atoms with Crippen LogP contribution < -0.4 is 0 Å². The highest BCUT2D eigenvalue weighted by Crippen LogP contribution is 2.25. The summed E-state index contributed by atoms with van der Waals surface area (Å²) in [7, 11) is 0. The molecule has 1 heterocycles. The van der Waals surface area contributed by atoms with E-state index in [1.807, 2.05) is 48.5 Å². The highest BCUT2D eigenvalue weighted by Gasteiger charge is 2.23. The predicted octanol–water partition coefficient (Wildman–Crippen LogP) is 6.32. The first-order chi connectivity index (χ1) is 13.0. The highest BCUT2D eigenvalue weighted by atomic mass is 127. The average molecular weight is 493 g/mol.